The fourth-order valence-corrected chi connectivity index (χ4v) is 1.09. The molecule has 0 saturated carbocycles. The van der Waals surface area contributed by atoms with Gasteiger partial charge in [0.2, 0.25) is 0 Å². The molecule has 0 amide bonds. The summed E-state index contributed by atoms with van der Waals surface area (Å²) in [4.78, 5) is 0. The molecule has 0 aromatic carbocycles. The van der Waals surface area contributed by atoms with Gasteiger partial charge in [-0.3, -0.25) is 0 Å². The minimum Gasteiger partial charge on any atom is -0.330 e. The smallest absolute Gasteiger partial charge is 0.309 e. The zero-order chi connectivity index (χ0) is 9.40. The molecule has 0 bridgehead atoms. The van der Waals surface area contributed by atoms with E-state index in [9.17, 15) is 4.21 Å². The van der Waals surface area contributed by atoms with Crippen molar-refractivity contribution in [2.75, 3.05) is 6.54 Å². The highest BCUT2D eigenvalue weighted by Gasteiger charge is 2.11. The highest BCUT2D eigenvalue weighted by atomic mass is 32.2. The lowest BCUT2D eigenvalue weighted by molar-refractivity contribution is 0.302. The maximum atomic E-state index is 10.4. The van der Waals surface area contributed by atoms with Gasteiger partial charge in [-0.25, -0.2) is 9.69 Å². The van der Waals surface area contributed by atoms with Crippen molar-refractivity contribution in [3.63, 3.8) is 0 Å². The maximum absolute atomic E-state index is 10.4. The van der Waals surface area contributed by atoms with Gasteiger partial charge in [-0.15, -0.1) is 4.40 Å². The van der Waals surface area contributed by atoms with Crippen LogP contribution in [0.15, 0.2) is 4.40 Å². The molecule has 3 N–H and O–H groups in total. The Morgan fingerprint density at radius 2 is 2.33 bits per heavy atom. The van der Waals surface area contributed by atoms with Crippen LogP contribution in [0.2, 0.25) is 0 Å². The molecule has 72 valence electrons. The van der Waals surface area contributed by atoms with Crippen LogP contribution in [0.5, 0.6) is 0 Å². The van der Waals surface area contributed by atoms with Crippen LogP contribution < -0.4 is 11.2 Å². The van der Waals surface area contributed by atoms with Gasteiger partial charge in [-0.1, -0.05) is 13.8 Å². The first kappa shape index (κ1) is 11.5. The molecule has 1 atom stereocenters. The van der Waals surface area contributed by atoms with Crippen molar-refractivity contribution >= 4 is 17.1 Å². The Labute approximate surface area is 75.1 Å². The van der Waals surface area contributed by atoms with Crippen LogP contribution in [0.3, 0.4) is 0 Å². The van der Waals surface area contributed by atoms with Gasteiger partial charge in [0.05, 0.1) is 0 Å². The largest absolute Gasteiger partial charge is 0.330 e. The normalized spacial score (nSPS) is 20.6. The molecule has 1 aliphatic rings. The summed E-state index contributed by atoms with van der Waals surface area (Å²) in [6.07, 6.45) is 1.52. The molecule has 0 saturated heterocycles. The quantitative estimate of drug-likeness (QED) is 0.674. The van der Waals surface area contributed by atoms with Gasteiger partial charge in [0.1, 0.15) is 5.84 Å². The van der Waals surface area contributed by atoms with E-state index in [2.05, 4.69) is 14.2 Å². The molecule has 1 unspecified atom stereocenters. The average Bonchev–Trinajstić information content (AvgIpc) is 2.51. The van der Waals surface area contributed by atoms with E-state index in [4.69, 9.17) is 5.73 Å². The lowest BCUT2D eigenvalue weighted by Gasteiger charge is -1.94. The van der Waals surface area contributed by atoms with Crippen LogP contribution in [0.1, 0.15) is 26.7 Å². The molecule has 0 spiro atoms. The molecule has 0 fully saturated rings. The molecule has 1 rings (SSSR count). The summed E-state index contributed by atoms with van der Waals surface area (Å²) in [5.41, 5.74) is 7.68. The van der Waals surface area contributed by atoms with Gasteiger partial charge >= 0.3 is 11.3 Å². The third-order valence-electron chi connectivity index (χ3n) is 1.03. The first-order valence-corrected chi connectivity index (χ1v) is 4.99. The Bertz CT molecular complexity index is 172. The summed E-state index contributed by atoms with van der Waals surface area (Å²) in [6, 6.07) is 0. The van der Waals surface area contributed by atoms with E-state index in [0.29, 0.717) is 18.8 Å². The van der Waals surface area contributed by atoms with E-state index in [1.165, 1.54) is 0 Å². The van der Waals surface area contributed by atoms with Crippen molar-refractivity contribution in [3.8, 4) is 0 Å². The average molecular weight is 193 g/mol. The third kappa shape index (κ3) is 4.42. The Morgan fingerprint density at radius 1 is 1.67 bits per heavy atom. The molecule has 0 aromatic rings. The number of hydrogen-bond donors (Lipinski definition) is 2. The number of nitrogens with two attached hydrogens (primary N) is 1. The fourth-order valence-electron chi connectivity index (χ4n) is 0.577. The molecule has 0 aliphatic carbocycles. The van der Waals surface area contributed by atoms with Crippen LogP contribution in [-0.2, 0) is 15.6 Å². The minimum atomic E-state index is -1.52. The Morgan fingerprint density at radius 3 is 2.75 bits per heavy atom. The van der Waals surface area contributed by atoms with Gasteiger partial charge in [0.15, 0.2) is 0 Å². The van der Waals surface area contributed by atoms with Crippen LogP contribution in [-0.4, -0.2) is 16.6 Å². The molecular weight excluding hydrogens is 178 g/mol. The number of amidine groups is 1. The molecular formula is C6H15N3O2S. The lowest BCUT2D eigenvalue weighted by atomic mass is 10.3. The second kappa shape index (κ2) is 7.20. The van der Waals surface area contributed by atoms with E-state index in [-0.39, 0.29) is 0 Å². The van der Waals surface area contributed by atoms with Crippen molar-refractivity contribution in [1.29, 1.82) is 0 Å². The zero-order valence-corrected chi connectivity index (χ0v) is 8.19. The first-order valence-electron chi connectivity index (χ1n) is 3.96. The summed E-state index contributed by atoms with van der Waals surface area (Å²) in [5.74, 6) is 0.615. The van der Waals surface area contributed by atoms with Gasteiger partial charge < -0.3 is 5.73 Å². The second-order valence-electron chi connectivity index (χ2n) is 1.83. The minimum absolute atomic E-state index is 0.604. The van der Waals surface area contributed by atoms with Gasteiger partial charge in [0, 0.05) is 6.42 Å². The number of nitrogens with one attached hydrogen (secondary N) is 1. The van der Waals surface area contributed by atoms with Crippen molar-refractivity contribution in [1.82, 2.24) is 5.48 Å². The van der Waals surface area contributed by atoms with Crippen LogP contribution in [0, 0.1) is 0 Å². The predicted octanol–water partition coefficient (Wildman–Crippen LogP) is 0.264. The molecule has 0 radical (unpaired) electrons. The lowest BCUT2D eigenvalue weighted by Crippen LogP contribution is -2.17. The Hall–Kier alpha value is -0.460. The maximum Gasteiger partial charge on any atom is 0.309 e. The standard InChI is InChI=1S/C4H9N3O2S.C2H6/c5-3-1-2-4-6-9-10(8)7-4;1-2/h1-3,5H2,(H,6,7);1-2H3. The number of hydroxylamine groups is 1. The van der Waals surface area contributed by atoms with Crippen LogP contribution in [0.25, 0.3) is 0 Å². The zero-order valence-electron chi connectivity index (χ0n) is 7.37. The molecule has 1 aliphatic heterocycles. The third-order valence-corrected chi connectivity index (χ3v) is 1.63. The Kier molecular flexibility index (Phi) is 6.93. The predicted molar refractivity (Wildman–Crippen MR) is 49.4 cm³/mol. The fraction of sp³-hybridized carbons (Fsp3) is 0.833. The summed E-state index contributed by atoms with van der Waals surface area (Å²) in [5, 5.41) is 0. The molecule has 0 aromatic heterocycles. The van der Waals surface area contributed by atoms with E-state index in [1.54, 1.807) is 0 Å². The van der Waals surface area contributed by atoms with E-state index < -0.39 is 11.3 Å². The van der Waals surface area contributed by atoms with Gasteiger partial charge in [-0.2, -0.15) is 4.28 Å². The summed E-state index contributed by atoms with van der Waals surface area (Å²) in [6.45, 7) is 4.60. The molecule has 6 heteroatoms. The summed E-state index contributed by atoms with van der Waals surface area (Å²) < 4.78 is 18.5. The highest BCUT2D eigenvalue weighted by molar-refractivity contribution is 7.79. The van der Waals surface area contributed by atoms with E-state index in [0.717, 1.165) is 6.42 Å². The second-order valence-corrected chi connectivity index (χ2v) is 2.62. The molecule has 5 nitrogen and oxygen atoms in total. The van der Waals surface area contributed by atoms with Crippen LogP contribution in [0.4, 0.5) is 0 Å². The molecule has 1 heterocycles. The Balaban J connectivity index is 0.000000561. The highest BCUT2D eigenvalue weighted by Crippen LogP contribution is 1.99. The van der Waals surface area contributed by atoms with Gasteiger partial charge in [-0.05, 0) is 13.0 Å². The van der Waals surface area contributed by atoms with Crippen molar-refractivity contribution in [2.45, 2.75) is 26.7 Å². The summed E-state index contributed by atoms with van der Waals surface area (Å²) >= 11 is -1.52. The van der Waals surface area contributed by atoms with E-state index >= 15 is 0 Å². The molecule has 12 heavy (non-hydrogen) atoms. The van der Waals surface area contributed by atoms with E-state index in [1.807, 2.05) is 13.8 Å². The van der Waals surface area contributed by atoms with Crippen LogP contribution >= 0.6 is 0 Å². The number of nitrogens with zero attached hydrogens (tertiary/aromatic N) is 1. The number of rotatable bonds is 3. The topological polar surface area (TPSA) is 76.7 Å². The summed E-state index contributed by atoms with van der Waals surface area (Å²) in [7, 11) is 0. The SMILES string of the molecule is CC.NCCCC1=NS(=O)ON1. The van der Waals surface area contributed by atoms with Crippen molar-refractivity contribution < 1.29 is 8.49 Å². The van der Waals surface area contributed by atoms with Gasteiger partial charge in [0.25, 0.3) is 0 Å². The van der Waals surface area contributed by atoms with Crippen molar-refractivity contribution in [3.05, 3.63) is 0 Å². The van der Waals surface area contributed by atoms with Crippen molar-refractivity contribution in [2.24, 2.45) is 10.1 Å². The first-order chi connectivity index (χ1) is 5.83. The number of hydrogen-bond acceptors (Lipinski definition) is 4. The monoisotopic (exact) mass is 193 g/mol.